The molecule has 0 unspecified atom stereocenters. The molecule has 2 atom stereocenters. The lowest BCUT2D eigenvalue weighted by atomic mass is 10.5. The molecule has 0 aromatic carbocycles. The first kappa shape index (κ1) is 21.2. The second-order valence-electron chi connectivity index (χ2n) is 3.25. The number of hydrogen-bond acceptors (Lipinski definition) is 5. The van der Waals surface area contributed by atoms with Crippen LogP contribution in [0.5, 0.6) is 0 Å². The lowest BCUT2D eigenvalue weighted by Crippen LogP contribution is -2.54. The van der Waals surface area contributed by atoms with E-state index in [1.54, 1.807) is 0 Å². The van der Waals surface area contributed by atoms with E-state index >= 15 is 0 Å². The number of methoxy groups -OCH3 is 2. The SMILES string of the molecule is COC(=O)N[C@H](O[C@@H](NC(=O)OC)C(Cl)(Cl)Cl)C(Cl)(Cl)Cl. The van der Waals surface area contributed by atoms with Gasteiger partial charge in [-0.1, -0.05) is 69.6 Å². The number of halogens is 6. The fourth-order valence-corrected chi connectivity index (χ4v) is 1.49. The molecular formula is C8H10Cl6N2O5. The third-order valence-corrected chi connectivity index (χ3v) is 2.92. The van der Waals surface area contributed by atoms with Gasteiger partial charge in [0.25, 0.3) is 0 Å². The monoisotopic (exact) mass is 424 g/mol. The molecule has 0 aliphatic heterocycles. The number of hydrogen-bond donors (Lipinski definition) is 2. The lowest BCUT2D eigenvalue weighted by Gasteiger charge is -2.32. The Kier molecular flexibility index (Phi) is 8.86. The number of ether oxygens (including phenoxy) is 3. The van der Waals surface area contributed by atoms with Crippen molar-refractivity contribution < 1.29 is 23.8 Å². The van der Waals surface area contributed by atoms with Crippen molar-refractivity contribution in [2.75, 3.05) is 14.2 Å². The standard InChI is InChI=1S/C8H10Cl6N2O5/c1-19-5(17)15-3(7(9,10)11)21-4(8(12,13)14)16-6(18)20-2/h3-4H,1-2H3,(H,15,17)(H,16,18)/t3-,4-/m1/s1. The minimum Gasteiger partial charge on any atom is -0.453 e. The third kappa shape index (κ3) is 8.44. The van der Waals surface area contributed by atoms with E-state index in [4.69, 9.17) is 74.3 Å². The highest BCUT2D eigenvalue weighted by Crippen LogP contribution is 2.36. The molecule has 0 aliphatic carbocycles. The van der Waals surface area contributed by atoms with Crippen molar-refractivity contribution in [3.05, 3.63) is 0 Å². The number of carbonyl (C=O) groups excluding carboxylic acids is 2. The van der Waals surface area contributed by atoms with Gasteiger partial charge in [-0.2, -0.15) is 0 Å². The molecule has 0 rings (SSSR count). The highest BCUT2D eigenvalue weighted by atomic mass is 35.6. The summed E-state index contributed by atoms with van der Waals surface area (Å²) in [4.78, 5) is 22.4. The van der Waals surface area contributed by atoms with E-state index in [0.29, 0.717) is 0 Å². The van der Waals surface area contributed by atoms with Crippen molar-refractivity contribution in [1.29, 1.82) is 0 Å². The Hall–Kier alpha value is 0.240. The topological polar surface area (TPSA) is 85.9 Å². The predicted octanol–water partition coefficient (Wildman–Crippen LogP) is 3.11. The molecule has 0 spiro atoms. The van der Waals surface area contributed by atoms with Crippen molar-refractivity contribution in [2.24, 2.45) is 0 Å². The second-order valence-corrected chi connectivity index (χ2v) is 7.99. The van der Waals surface area contributed by atoms with Crippen LogP contribution in [0.4, 0.5) is 9.59 Å². The molecule has 0 bridgehead atoms. The molecule has 2 N–H and O–H groups in total. The highest BCUT2D eigenvalue weighted by molar-refractivity contribution is 6.68. The van der Waals surface area contributed by atoms with Gasteiger partial charge in [0, 0.05) is 0 Å². The minimum absolute atomic E-state index is 0.979. The van der Waals surface area contributed by atoms with Gasteiger partial charge in [0.2, 0.25) is 7.59 Å². The zero-order valence-corrected chi connectivity index (χ0v) is 15.0. The summed E-state index contributed by atoms with van der Waals surface area (Å²) in [6.07, 6.45) is -5.17. The van der Waals surface area contributed by atoms with Gasteiger partial charge in [-0.05, 0) is 0 Å². The maximum Gasteiger partial charge on any atom is 0.409 e. The molecule has 0 aromatic rings. The van der Waals surface area contributed by atoms with Crippen LogP contribution in [0.3, 0.4) is 0 Å². The van der Waals surface area contributed by atoms with E-state index in [2.05, 4.69) is 20.1 Å². The maximum absolute atomic E-state index is 11.2. The van der Waals surface area contributed by atoms with Crippen LogP contribution in [-0.2, 0) is 14.2 Å². The quantitative estimate of drug-likeness (QED) is 0.533. The summed E-state index contributed by atoms with van der Waals surface area (Å²) >= 11 is 33.8. The molecule has 0 saturated carbocycles. The van der Waals surface area contributed by atoms with E-state index in [-0.39, 0.29) is 0 Å². The summed E-state index contributed by atoms with van der Waals surface area (Å²) in [5, 5.41) is 4.11. The Morgan fingerprint density at radius 3 is 1.29 bits per heavy atom. The first-order valence-electron chi connectivity index (χ1n) is 4.89. The van der Waals surface area contributed by atoms with Gasteiger partial charge in [-0.3, -0.25) is 10.6 Å². The van der Waals surface area contributed by atoms with Crippen molar-refractivity contribution in [3.8, 4) is 0 Å². The molecule has 0 aliphatic rings. The number of carbonyl (C=O) groups is 2. The molecule has 124 valence electrons. The van der Waals surface area contributed by atoms with Crippen LogP contribution in [-0.4, -0.2) is 46.4 Å². The average molecular weight is 427 g/mol. The van der Waals surface area contributed by atoms with E-state index < -0.39 is 32.2 Å². The summed E-state index contributed by atoms with van der Waals surface area (Å²) < 4.78 is 9.46. The number of nitrogens with one attached hydrogen (secondary N) is 2. The van der Waals surface area contributed by atoms with Crippen LogP contribution >= 0.6 is 69.6 Å². The molecule has 7 nitrogen and oxygen atoms in total. The molecule has 13 heteroatoms. The number of alkyl carbamates (subject to hydrolysis) is 2. The van der Waals surface area contributed by atoms with Gasteiger partial charge in [0.1, 0.15) is 0 Å². The first-order valence-corrected chi connectivity index (χ1v) is 7.16. The number of alkyl halides is 6. The third-order valence-electron chi connectivity index (χ3n) is 1.74. The van der Waals surface area contributed by atoms with Crippen LogP contribution in [0, 0.1) is 0 Å². The number of amides is 2. The van der Waals surface area contributed by atoms with E-state index in [1.807, 2.05) is 0 Å². The minimum atomic E-state index is -2.15. The Morgan fingerprint density at radius 2 is 1.10 bits per heavy atom. The van der Waals surface area contributed by atoms with Crippen molar-refractivity contribution in [1.82, 2.24) is 10.6 Å². The summed E-state index contributed by atoms with van der Waals surface area (Å²) in [6.45, 7) is 0. The van der Waals surface area contributed by atoms with Gasteiger partial charge in [-0.15, -0.1) is 0 Å². The molecule has 0 heterocycles. The zero-order valence-electron chi connectivity index (χ0n) is 10.5. The van der Waals surface area contributed by atoms with Crippen LogP contribution in [0.25, 0.3) is 0 Å². The maximum atomic E-state index is 11.2. The van der Waals surface area contributed by atoms with Crippen LogP contribution in [0.15, 0.2) is 0 Å². The normalized spacial score (nSPS) is 14.9. The predicted molar refractivity (Wildman–Crippen MR) is 80.3 cm³/mol. The molecule has 21 heavy (non-hydrogen) atoms. The van der Waals surface area contributed by atoms with E-state index in [0.717, 1.165) is 14.2 Å². The summed E-state index contributed by atoms with van der Waals surface area (Å²) in [5.74, 6) is 0. The van der Waals surface area contributed by atoms with Crippen LogP contribution < -0.4 is 10.6 Å². The highest BCUT2D eigenvalue weighted by Gasteiger charge is 2.43. The van der Waals surface area contributed by atoms with Gasteiger partial charge in [0.05, 0.1) is 14.2 Å². The molecular weight excluding hydrogens is 417 g/mol. The lowest BCUT2D eigenvalue weighted by molar-refractivity contribution is -0.0376. The molecule has 0 saturated heterocycles. The molecule has 0 fully saturated rings. The van der Waals surface area contributed by atoms with Gasteiger partial charge >= 0.3 is 12.2 Å². The van der Waals surface area contributed by atoms with Crippen LogP contribution in [0.2, 0.25) is 0 Å². The second kappa shape index (κ2) is 8.76. The fraction of sp³-hybridized carbons (Fsp3) is 0.750. The number of rotatable bonds is 4. The zero-order chi connectivity index (χ0) is 16.8. The van der Waals surface area contributed by atoms with Crippen molar-refractivity contribution in [3.63, 3.8) is 0 Å². The Labute approximate surface area is 150 Å². The smallest absolute Gasteiger partial charge is 0.409 e. The summed E-state index contributed by atoms with van der Waals surface area (Å²) in [6, 6.07) is 0. The summed E-state index contributed by atoms with van der Waals surface area (Å²) in [7, 11) is 2.15. The van der Waals surface area contributed by atoms with Crippen molar-refractivity contribution >= 4 is 81.8 Å². The van der Waals surface area contributed by atoms with E-state index in [1.165, 1.54) is 0 Å². The summed E-state index contributed by atoms with van der Waals surface area (Å²) in [5.41, 5.74) is 0. The van der Waals surface area contributed by atoms with Gasteiger partial charge < -0.3 is 14.2 Å². The van der Waals surface area contributed by atoms with Gasteiger partial charge in [-0.25, -0.2) is 9.59 Å². The Balaban J connectivity index is 5.12. The largest absolute Gasteiger partial charge is 0.453 e. The Bertz CT molecular complexity index is 337. The molecule has 0 aromatic heterocycles. The first-order chi connectivity index (χ1) is 9.41. The van der Waals surface area contributed by atoms with E-state index in [9.17, 15) is 9.59 Å². The average Bonchev–Trinajstić information content (AvgIpc) is 2.33. The fourth-order valence-electron chi connectivity index (χ4n) is 0.854. The molecule has 0 radical (unpaired) electrons. The van der Waals surface area contributed by atoms with Crippen molar-refractivity contribution in [2.45, 2.75) is 20.0 Å². The molecule has 2 amide bonds. The Morgan fingerprint density at radius 1 is 0.810 bits per heavy atom. The van der Waals surface area contributed by atoms with Gasteiger partial charge in [0.15, 0.2) is 12.5 Å². The van der Waals surface area contributed by atoms with Crippen LogP contribution in [0.1, 0.15) is 0 Å².